The maximum absolute atomic E-state index is 2.57. The van der Waals surface area contributed by atoms with Crippen LogP contribution in [-0.4, -0.2) is 4.57 Å². The zero-order chi connectivity index (χ0) is 46.9. The van der Waals surface area contributed by atoms with E-state index in [1.807, 2.05) is 0 Å². The second-order valence-corrected chi connectivity index (χ2v) is 18.7. The van der Waals surface area contributed by atoms with Crippen LogP contribution >= 0.6 is 0 Å². The second kappa shape index (κ2) is 16.5. The van der Waals surface area contributed by atoms with E-state index in [0.717, 1.165) is 33.9 Å². The summed E-state index contributed by atoms with van der Waals surface area (Å²) in [6.07, 6.45) is 0. The summed E-state index contributed by atoms with van der Waals surface area (Å²) in [5, 5.41) is 7.50. The molecule has 14 rings (SSSR count). The highest BCUT2D eigenvalue weighted by Crippen LogP contribution is 2.57. The topological polar surface area (TPSA) is 8.17 Å². The first-order valence-electron chi connectivity index (χ1n) is 24.6. The molecular weight excluding hydrogens is 857 g/mol. The Bertz CT molecular complexity index is 4080. The van der Waals surface area contributed by atoms with Gasteiger partial charge in [-0.15, -0.1) is 0 Å². The molecule has 0 amide bonds. The van der Waals surface area contributed by atoms with Crippen molar-refractivity contribution in [1.29, 1.82) is 0 Å². The van der Waals surface area contributed by atoms with Crippen molar-refractivity contribution in [3.8, 4) is 39.1 Å². The number of rotatable bonds is 8. The van der Waals surface area contributed by atoms with Crippen molar-refractivity contribution >= 4 is 60.4 Å². The number of nitrogens with zero attached hydrogens (tertiary/aromatic N) is 2. The van der Waals surface area contributed by atoms with Gasteiger partial charge in [-0.25, -0.2) is 0 Å². The fraction of sp³-hybridized carbons (Fsp3) is 0.0145. The first-order valence-corrected chi connectivity index (χ1v) is 24.6. The maximum Gasteiger partial charge on any atom is 0.0713 e. The van der Waals surface area contributed by atoms with Gasteiger partial charge in [-0.05, 0) is 115 Å². The molecule has 0 bridgehead atoms. The van der Waals surface area contributed by atoms with Crippen LogP contribution in [0.2, 0.25) is 0 Å². The van der Waals surface area contributed by atoms with Crippen LogP contribution in [0.4, 0.5) is 17.1 Å². The zero-order valence-corrected chi connectivity index (χ0v) is 39.0. The van der Waals surface area contributed by atoms with E-state index in [2.05, 4.69) is 289 Å². The SMILES string of the molecule is c1ccc(N(c2ccccc2)c2ccccc2-c2ccccc2-c2ccc3c4c5ccccc5c5ccccc5c4n(-c4ccc5c(c4)-c4ccccc4C5(c4ccccc4)c4ccccc4)c3c2)cc1. The third-order valence-electron chi connectivity index (χ3n) is 15.0. The predicted octanol–water partition coefficient (Wildman–Crippen LogP) is 18.3. The summed E-state index contributed by atoms with van der Waals surface area (Å²) in [5.41, 5.74) is 18.7. The number of fused-ring (bicyclic) bond motifs is 11. The third kappa shape index (κ3) is 6.21. The lowest BCUT2D eigenvalue weighted by atomic mass is 9.68. The summed E-state index contributed by atoms with van der Waals surface area (Å²) >= 11 is 0. The molecule has 0 aliphatic heterocycles. The molecule has 2 heteroatoms. The van der Waals surface area contributed by atoms with Crippen LogP contribution in [-0.2, 0) is 5.41 Å². The lowest BCUT2D eigenvalue weighted by molar-refractivity contribution is 0.768. The lowest BCUT2D eigenvalue weighted by Crippen LogP contribution is -2.28. The van der Waals surface area contributed by atoms with Crippen LogP contribution < -0.4 is 4.90 Å². The minimum Gasteiger partial charge on any atom is -0.310 e. The third-order valence-corrected chi connectivity index (χ3v) is 15.0. The molecule has 0 saturated carbocycles. The van der Waals surface area contributed by atoms with Gasteiger partial charge in [0.2, 0.25) is 0 Å². The van der Waals surface area contributed by atoms with Crippen molar-refractivity contribution in [3.63, 3.8) is 0 Å². The van der Waals surface area contributed by atoms with Crippen LogP contribution in [0.25, 0.3) is 82.4 Å². The van der Waals surface area contributed by atoms with E-state index in [1.165, 1.54) is 87.9 Å². The minimum absolute atomic E-state index is 0.486. The Kier molecular flexibility index (Phi) is 9.47. The number of benzene rings is 12. The van der Waals surface area contributed by atoms with Crippen molar-refractivity contribution < 1.29 is 0 Å². The Labute approximate surface area is 413 Å². The van der Waals surface area contributed by atoms with Gasteiger partial charge < -0.3 is 9.47 Å². The van der Waals surface area contributed by atoms with Gasteiger partial charge in [-0.1, -0.05) is 231 Å². The Morgan fingerprint density at radius 3 is 1.46 bits per heavy atom. The number of hydrogen-bond acceptors (Lipinski definition) is 1. The second-order valence-electron chi connectivity index (χ2n) is 18.7. The van der Waals surface area contributed by atoms with Crippen molar-refractivity contribution in [2.45, 2.75) is 5.41 Å². The molecular formula is C69H46N2. The number of aromatic nitrogens is 1. The molecule has 0 atom stereocenters. The van der Waals surface area contributed by atoms with E-state index in [9.17, 15) is 0 Å². The zero-order valence-electron chi connectivity index (χ0n) is 39.0. The molecule has 1 aliphatic carbocycles. The summed E-state index contributed by atoms with van der Waals surface area (Å²) in [6.45, 7) is 0. The molecule has 2 nitrogen and oxygen atoms in total. The summed E-state index contributed by atoms with van der Waals surface area (Å²) in [7, 11) is 0. The van der Waals surface area contributed by atoms with Crippen LogP contribution in [0.5, 0.6) is 0 Å². The molecule has 12 aromatic carbocycles. The number of hydrogen-bond donors (Lipinski definition) is 0. The van der Waals surface area contributed by atoms with Crippen LogP contribution in [0.15, 0.2) is 279 Å². The van der Waals surface area contributed by atoms with E-state index >= 15 is 0 Å². The molecule has 332 valence electrons. The fourth-order valence-electron chi connectivity index (χ4n) is 12.1. The molecule has 13 aromatic rings. The maximum atomic E-state index is 2.57. The Morgan fingerprint density at radius 1 is 0.310 bits per heavy atom. The highest BCUT2D eigenvalue weighted by atomic mass is 15.1. The first kappa shape index (κ1) is 40.8. The van der Waals surface area contributed by atoms with E-state index in [4.69, 9.17) is 0 Å². The van der Waals surface area contributed by atoms with Crippen molar-refractivity contribution in [2.75, 3.05) is 4.90 Å². The van der Waals surface area contributed by atoms with Crippen molar-refractivity contribution in [1.82, 2.24) is 4.57 Å². The van der Waals surface area contributed by atoms with Gasteiger partial charge >= 0.3 is 0 Å². The summed E-state index contributed by atoms with van der Waals surface area (Å²) in [4.78, 5) is 2.37. The van der Waals surface area contributed by atoms with Gasteiger partial charge in [0.25, 0.3) is 0 Å². The molecule has 0 N–H and O–H groups in total. The normalized spacial score (nSPS) is 12.6. The van der Waals surface area contributed by atoms with Crippen molar-refractivity contribution in [2.24, 2.45) is 0 Å². The standard InChI is InChI=1S/C69H46N2/c1-5-23-48(24-6-1)69(49-25-7-2-8-26-49)63-39-21-19-35-57(63)62-46-52(42-44-64(62)69)71-66-45-47(41-43-61(66)67-59-37-17-15-33-55(59)56-34-16-18-38-60(56)68(67)71)53-31-13-14-32-54(53)58-36-20-22-40-65(58)70(50-27-9-3-10-28-50)51-29-11-4-12-30-51/h1-46H. The smallest absolute Gasteiger partial charge is 0.0713 e. The monoisotopic (exact) mass is 902 g/mol. The van der Waals surface area contributed by atoms with E-state index < -0.39 is 5.41 Å². The number of anilines is 3. The van der Waals surface area contributed by atoms with Gasteiger partial charge in [-0.2, -0.15) is 0 Å². The molecule has 71 heavy (non-hydrogen) atoms. The molecule has 1 aliphatic rings. The molecule has 0 saturated heterocycles. The van der Waals surface area contributed by atoms with E-state index in [1.54, 1.807) is 0 Å². The van der Waals surface area contributed by atoms with Gasteiger partial charge in [0, 0.05) is 38.8 Å². The van der Waals surface area contributed by atoms with Gasteiger partial charge in [-0.3, -0.25) is 0 Å². The molecule has 0 unspecified atom stereocenters. The lowest BCUT2D eigenvalue weighted by Gasteiger charge is -2.33. The highest BCUT2D eigenvalue weighted by molar-refractivity contribution is 6.32. The average Bonchev–Trinajstić information content (AvgIpc) is 3.96. The van der Waals surface area contributed by atoms with Crippen LogP contribution in [0.1, 0.15) is 22.3 Å². The molecule has 1 aromatic heterocycles. The minimum atomic E-state index is -0.486. The van der Waals surface area contributed by atoms with Crippen LogP contribution in [0, 0.1) is 0 Å². The van der Waals surface area contributed by atoms with Gasteiger partial charge in [0.05, 0.1) is 22.1 Å². The highest BCUT2D eigenvalue weighted by Gasteiger charge is 2.46. The van der Waals surface area contributed by atoms with E-state index in [0.29, 0.717) is 0 Å². The summed E-state index contributed by atoms with van der Waals surface area (Å²) in [5.74, 6) is 0. The van der Waals surface area contributed by atoms with Crippen molar-refractivity contribution in [3.05, 3.63) is 301 Å². The fourth-order valence-corrected chi connectivity index (χ4v) is 12.1. The van der Waals surface area contributed by atoms with Gasteiger partial charge in [0.15, 0.2) is 0 Å². The summed E-state index contributed by atoms with van der Waals surface area (Å²) in [6, 6.07) is 103. The average molecular weight is 903 g/mol. The van der Waals surface area contributed by atoms with E-state index in [-0.39, 0.29) is 0 Å². The predicted molar refractivity (Wildman–Crippen MR) is 299 cm³/mol. The largest absolute Gasteiger partial charge is 0.310 e. The molecule has 1 heterocycles. The molecule has 0 fully saturated rings. The first-order chi connectivity index (χ1) is 35.3. The van der Waals surface area contributed by atoms with Gasteiger partial charge in [0.1, 0.15) is 0 Å². The molecule has 0 radical (unpaired) electrons. The Balaban J connectivity index is 1.04. The quantitative estimate of drug-likeness (QED) is 0.138. The molecule has 0 spiro atoms. The Hall–Kier alpha value is -9.24. The Morgan fingerprint density at radius 2 is 0.803 bits per heavy atom. The van der Waals surface area contributed by atoms with Crippen LogP contribution in [0.3, 0.4) is 0 Å². The summed E-state index contributed by atoms with van der Waals surface area (Å²) < 4.78 is 2.57. The number of para-hydroxylation sites is 3.